The fourth-order valence-electron chi connectivity index (χ4n) is 2.52. The molecule has 112 valence electrons. The first-order chi connectivity index (χ1) is 10.1. The van der Waals surface area contributed by atoms with Crippen molar-refractivity contribution in [3.8, 4) is 5.75 Å². The predicted octanol–water partition coefficient (Wildman–Crippen LogP) is 3.93. The fraction of sp³-hybridized carbons (Fsp3) is 0.471. The Kier molecular flexibility index (Phi) is 3.86. The van der Waals surface area contributed by atoms with Crippen LogP contribution in [0.15, 0.2) is 30.7 Å². The highest BCUT2D eigenvalue weighted by Crippen LogP contribution is 2.35. The van der Waals surface area contributed by atoms with Crippen LogP contribution in [-0.4, -0.2) is 15.7 Å². The van der Waals surface area contributed by atoms with Gasteiger partial charge in [0.25, 0.3) is 0 Å². The van der Waals surface area contributed by atoms with Crippen LogP contribution in [0, 0.1) is 6.92 Å². The zero-order valence-electron chi connectivity index (χ0n) is 13.0. The summed E-state index contributed by atoms with van der Waals surface area (Å²) in [5, 5.41) is 3.50. The molecule has 1 heterocycles. The summed E-state index contributed by atoms with van der Waals surface area (Å²) in [4.78, 5) is 4.27. The summed E-state index contributed by atoms with van der Waals surface area (Å²) in [6.07, 6.45) is 6.67. The molecule has 1 aromatic carbocycles. The van der Waals surface area contributed by atoms with Crippen LogP contribution in [0.5, 0.6) is 5.75 Å². The zero-order chi connectivity index (χ0) is 14.8. The minimum absolute atomic E-state index is 0.205. The predicted molar refractivity (Wildman–Crippen MR) is 84.8 cm³/mol. The van der Waals surface area contributed by atoms with Crippen molar-refractivity contribution in [1.29, 1.82) is 0 Å². The third-order valence-electron chi connectivity index (χ3n) is 3.72. The van der Waals surface area contributed by atoms with E-state index in [4.69, 9.17) is 4.74 Å². The van der Waals surface area contributed by atoms with Gasteiger partial charge < -0.3 is 14.6 Å². The van der Waals surface area contributed by atoms with Crippen molar-refractivity contribution in [3.63, 3.8) is 0 Å². The van der Waals surface area contributed by atoms with E-state index in [9.17, 15) is 0 Å². The lowest BCUT2D eigenvalue weighted by Crippen LogP contribution is -2.08. The Labute approximate surface area is 126 Å². The van der Waals surface area contributed by atoms with Gasteiger partial charge in [-0.2, -0.15) is 0 Å². The van der Waals surface area contributed by atoms with E-state index in [1.807, 2.05) is 32.4 Å². The Balaban J connectivity index is 1.66. The number of aryl methyl sites for hydroxylation is 1. The van der Waals surface area contributed by atoms with E-state index in [2.05, 4.69) is 33.9 Å². The highest BCUT2D eigenvalue weighted by atomic mass is 16.5. The minimum atomic E-state index is 0.205. The number of aromatic nitrogens is 2. The molecule has 2 aromatic rings. The molecule has 1 aliphatic carbocycles. The van der Waals surface area contributed by atoms with Crippen molar-refractivity contribution in [2.45, 2.75) is 52.3 Å². The van der Waals surface area contributed by atoms with Crippen LogP contribution in [0.25, 0.3) is 0 Å². The molecule has 4 heteroatoms. The van der Waals surface area contributed by atoms with E-state index < -0.39 is 0 Å². The lowest BCUT2D eigenvalue weighted by molar-refractivity contribution is 0.242. The molecule has 1 N–H and O–H groups in total. The molecule has 0 bridgehead atoms. The van der Waals surface area contributed by atoms with E-state index in [-0.39, 0.29) is 6.10 Å². The summed E-state index contributed by atoms with van der Waals surface area (Å²) in [5.41, 5.74) is 3.60. The summed E-state index contributed by atoms with van der Waals surface area (Å²) in [5.74, 6) is 0.927. The maximum Gasteiger partial charge on any atom is 0.120 e. The molecule has 3 rings (SSSR count). The number of nitrogens with zero attached hydrogens (tertiary/aromatic N) is 2. The van der Waals surface area contributed by atoms with Crippen LogP contribution in [0.3, 0.4) is 0 Å². The molecular weight excluding hydrogens is 262 g/mol. The smallest absolute Gasteiger partial charge is 0.120 e. The second kappa shape index (κ2) is 5.80. The lowest BCUT2D eigenvalue weighted by Gasteiger charge is -2.14. The van der Waals surface area contributed by atoms with Gasteiger partial charge in [-0.25, -0.2) is 4.98 Å². The van der Waals surface area contributed by atoms with Crippen molar-refractivity contribution < 1.29 is 4.74 Å². The first-order valence-corrected chi connectivity index (χ1v) is 7.65. The molecule has 21 heavy (non-hydrogen) atoms. The molecule has 1 saturated carbocycles. The molecule has 0 amide bonds. The number of nitrogens with one attached hydrogen (secondary N) is 1. The first kappa shape index (κ1) is 14.0. The van der Waals surface area contributed by atoms with E-state index in [0.717, 1.165) is 18.0 Å². The van der Waals surface area contributed by atoms with Gasteiger partial charge in [0.15, 0.2) is 0 Å². The molecule has 0 aliphatic heterocycles. The molecule has 0 spiro atoms. The Morgan fingerprint density at radius 3 is 2.86 bits per heavy atom. The Morgan fingerprint density at radius 2 is 2.19 bits per heavy atom. The quantitative estimate of drug-likeness (QED) is 0.874. The van der Waals surface area contributed by atoms with Crippen LogP contribution >= 0.6 is 0 Å². The number of benzene rings is 1. The van der Waals surface area contributed by atoms with Crippen LogP contribution in [0.2, 0.25) is 0 Å². The van der Waals surface area contributed by atoms with Crippen LogP contribution in [0.1, 0.15) is 44.0 Å². The number of rotatable bonds is 6. The zero-order valence-corrected chi connectivity index (χ0v) is 13.0. The van der Waals surface area contributed by atoms with Gasteiger partial charge in [-0.3, -0.25) is 0 Å². The molecule has 0 unspecified atom stereocenters. The highest BCUT2D eigenvalue weighted by molar-refractivity contribution is 5.53. The van der Waals surface area contributed by atoms with Crippen LogP contribution < -0.4 is 10.1 Å². The standard InChI is InChI=1S/C17H23N3O/c1-12(2)21-16-6-7-17(13(3)8-16)19-10-15-9-18-11-20(15)14-4-5-14/h6-9,11-12,14,19H,4-5,10H2,1-3H3. The molecular formula is C17H23N3O. The normalized spacial score (nSPS) is 14.5. The van der Waals surface area contributed by atoms with E-state index >= 15 is 0 Å². The van der Waals surface area contributed by atoms with Gasteiger partial charge in [0.2, 0.25) is 0 Å². The Morgan fingerprint density at radius 1 is 1.38 bits per heavy atom. The van der Waals surface area contributed by atoms with Gasteiger partial charge in [0, 0.05) is 17.9 Å². The maximum atomic E-state index is 5.72. The number of anilines is 1. The molecule has 0 radical (unpaired) electrons. The molecule has 1 aliphatic rings. The van der Waals surface area contributed by atoms with E-state index in [1.165, 1.54) is 24.1 Å². The molecule has 0 saturated heterocycles. The van der Waals surface area contributed by atoms with Crippen molar-refractivity contribution in [3.05, 3.63) is 42.0 Å². The van der Waals surface area contributed by atoms with E-state index in [1.54, 1.807) is 0 Å². The van der Waals surface area contributed by atoms with Gasteiger partial charge in [0.05, 0.1) is 24.7 Å². The second-order valence-electron chi connectivity index (χ2n) is 6.02. The third kappa shape index (κ3) is 3.38. The summed E-state index contributed by atoms with van der Waals surface area (Å²) in [7, 11) is 0. The highest BCUT2D eigenvalue weighted by Gasteiger charge is 2.24. The largest absolute Gasteiger partial charge is 0.491 e. The number of hydrogen-bond donors (Lipinski definition) is 1. The van der Waals surface area contributed by atoms with Crippen LogP contribution in [0.4, 0.5) is 5.69 Å². The summed E-state index contributed by atoms with van der Waals surface area (Å²) < 4.78 is 8.01. The summed E-state index contributed by atoms with van der Waals surface area (Å²) in [6, 6.07) is 6.87. The maximum absolute atomic E-state index is 5.72. The minimum Gasteiger partial charge on any atom is -0.491 e. The topological polar surface area (TPSA) is 39.1 Å². The van der Waals surface area contributed by atoms with Crippen molar-refractivity contribution in [1.82, 2.24) is 9.55 Å². The SMILES string of the molecule is Cc1cc(OC(C)C)ccc1NCc1cncn1C1CC1. The number of imidazole rings is 1. The Hall–Kier alpha value is -1.97. The van der Waals surface area contributed by atoms with Crippen molar-refractivity contribution in [2.75, 3.05) is 5.32 Å². The van der Waals surface area contributed by atoms with Gasteiger partial charge in [0.1, 0.15) is 5.75 Å². The molecule has 1 aromatic heterocycles. The molecule has 0 atom stereocenters. The van der Waals surface area contributed by atoms with Gasteiger partial charge in [-0.05, 0) is 57.4 Å². The molecule has 4 nitrogen and oxygen atoms in total. The van der Waals surface area contributed by atoms with Gasteiger partial charge in [-0.15, -0.1) is 0 Å². The number of ether oxygens (including phenoxy) is 1. The summed E-state index contributed by atoms with van der Waals surface area (Å²) >= 11 is 0. The molecule has 1 fully saturated rings. The average Bonchev–Trinajstić information content (AvgIpc) is 3.16. The third-order valence-corrected chi connectivity index (χ3v) is 3.72. The average molecular weight is 285 g/mol. The lowest BCUT2D eigenvalue weighted by atomic mass is 10.2. The number of hydrogen-bond acceptors (Lipinski definition) is 3. The first-order valence-electron chi connectivity index (χ1n) is 7.65. The Bertz CT molecular complexity index is 614. The summed E-state index contributed by atoms with van der Waals surface area (Å²) in [6.45, 7) is 7.00. The van der Waals surface area contributed by atoms with Crippen molar-refractivity contribution >= 4 is 5.69 Å². The van der Waals surface area contributed by atoms with Crippen LogP contribution in [-0.2, 0) is 6.54 Å². The van der Waals surface area contributed by atoms with Crippen molar-refractivity contribution in [2.24, 2.45) is 0 Å². The van der Waals surface area contributed by atoms with E-state index in [0.29, 0.717) is 6.04 Å². The fourth-order valence-corrected chi connectivity index (χ4v) is 2.52. The van der Waals surface area contributed by atoms with Gasteiger partial charge in [-0.1, -0.05) is 0 Å². The second-order valence-corrected chi connectivity index (χ2v) is 6.02. The monoisotopic (exact) mass is 285 g/mol. The van der Waals surface area contributed by atoms with Gasteiger partial charge >= 0.3 is 0 Å².